The molecule has 0 saturated carbocycles. The van der Waals surface area contributed by atoms with E-state index in [1.54, 1.807) is 4.90 Å². The van der Waals surface area contributed by atoms with Crippen LogP contribution in [0.3, 0.4) is 0 Å². The Morgan fingerprint density at radius 1 is 1.50 bits per heavy atom. The Morgan fingerprint density at radius 2 is 2.21 bits per heavy atom. The molecule has 1 amide bonds. The Hall–Kier alpha value is -0.810. The van der Waals surface area contributed by atoms with Crippen molar-refractivity contribution in [1.82, 2.24) is 10.2 Å². The molecule has 0 aromatic carbocycles. The molecule has 80 valence electrons. The molecule has 0 atom stereocenters. The molecule has 0 unspecified atom stereocenters. The van der Waals surface area contributed by atoms with Crippen LogP contribution >= 0.6 is 0 Å². The second-order valence-corrected chi connectivity index (χ2v) is 3.95. The Kier molecular flexibility index (Phi) is 2.60. The smallest absolute Gasteiger partial charge is 0.410 e. The minimum atomic E-state index is -0.280. The third-order valence-corrected chi connectivity index (χ3v) is 2.93. The van der Waals surface area contributed by atoms with Crippen molar-refractivity contribution in [3.8, 4) is 0 Å². The highest BCUT2D eigenvalue weighted by molar-refractivity contribution is 5.70. The summed E-state index contributed by atoms with van der Waals surface area (Å²) in [6.45, 7) is 2.83. The van der Waals surface area contributed by atoms with Crippen molar-refractivity contribution >= 4 is 6.09 Å². The molecule has 5 nitrogen and oxygen atoms in total. The lowest BCUT2D eigenvalue weighted by Crippen LogP contribution is -2.45. The van der Waals surface area contributed by atoms with Gasteiger partial charge in [0.1, 0.15) is 5.60 Å². The normalized spacial score (nSPS) is 25.5. The first-order valence-corrected chi connectivity index (χ1v) is 5.05. The molecule has 0 aliphatic carbocycles. The van der Waals surface area contributed by atoms with Gasteiger partial charge < -0.3 is 20.1 Å². The van der Waals surface area contributed by atoms with Crippen LogP contribution in [0.4, 0.5) is 4.79 Å². The van der Waals surface area contributed by atoms with Crippen LogP contribution in [0, 0.1) is 0 Å². The predicted molar refractivity (Wildman–Crippen MR) is 50.0 cm³/mol. The van der Waals surface area contributed by atoms with Gasteiger partial charge in [0.25, 0.3) is 0 Å². The van der Waals surface area contributed by atoms with Crippen LogP contribution in [0.15, 0.2) is 0 Å². The number of carbonyl (C=O) groups is 1. The number of piperidine rings is 1. The number of rotatable bonds is 2. The minimum Gasteiger partial charge on any atom is -0.441 e. The number of hydrogen-bond acceptors (Lipinski definition) is 4. The molecule has 2 fully saturated rings. The number of β-amino-alcohol motifs (C(OH)–C–C–N with tert-alkyl or cyclic N) is 1. The third-order valence-electron chi connectivity index (χ3n) is 2.93. The van der Waals surface area contributed by atoms with Gasteiger partial charge in [0.2, 0.25) is 0 Å². The van der Waals surface area contributed by atoms with E-state index in [-0.39, 0.29) is 18.3 Å². The summed E-state index contributed by atoms with van der Waals surface area (Å²) in [6, 6.07) is 0. The number of ether oxygens (including phenoxy) is 1. The molecule has 0 radical (unpaired) electrons. The van der Waals surface area contributed by atoms with Gasteiger partial charge >= 0.3 is 6.09 Å². The standard InChI is InChI=1S/C9H16N2O3/c12-6-5-11-7-9(14-8(11)13)1-3-10-4-2-9/h10,12H,1-7H2. The van der Waals surface area contributed by atoms with Crippen LogP contribution in [0.1, 0.15) is 12.8 Å². The van der Waals surface area contributed by atoms with Crippen LogP contribution in [0.5, 0.6) is 0 Å². The zero-order valence-electron chi connectivity index (χ0n) is 8.16. The highest BCUT2D eigenvalue weighted by atomic mass is 16.6. The number of nitrogens with one attached hydrogen (secondary N) is 1. The average Bonchev–Trinajstić information content (AvgIpc) is 2.45. The number of carbonyl (C=O) groups excluding carboxylic acids is 1. The largest absolute Gasteiger partial charge is 0.441 e. The summed E-state index contributed by atoms with van der Waals surface area (Å²) in [6.07, 6.45) is 1.47. The van der Waals surface area contributed by atoms with E-state index in [4.69, 9.17) is 9.84 Å². The molecule has 14 heavy (non-hydrogen) atoms. The van der Waals surface area contributed by atoms with E-state index in [0.717, 1.165) is 25.9 Å². The lowest BCUT2D eigenvalue weighted by Gasteiger charge is -2.31. The van der Waals surface area contributed by atoms with E-state index in [1.165, 1.54) is 0 Å². The highest BCUT2D eigenvalue weighted by Crippen LogP contribution is 2.30. The second-order valence-electron chi connectivity index (χ2n) is 3.95. The van der Waals surface area contributed by atoms with Crippen LogP contribution in [0.25, 0.3) is 0 Å². The first-order chi connectivity index (χ1) is 6.76. The maximum atomic E-state index is 11.4. The number of hydrogen-bond donors (Lipinski definition) is 2. The van der Waals surface area contributed by atoms with E-state index >= 15 is 0 Å². The summed E-state index contributed by atoms with van der Waals surface area (Å²) in [4.78, 5) is 13.0. The third kappa shape index (κ3) is 1.69. The fourth-order valence-electron chi connectivity index (χ4n) is 2.13. The fraction of sp³-hybridized carbons (Fsp3) is 0.889. The first kappa shape index (κ1) is 9.73. The summed E-state index contributed by atoms with van der Waals surface area (Å²) in [5.74, 6) is 0. The van der Waals surface area contributed by atoms with Crippen molar-refractivity contribution in [3.63, 3.8) is 0 Å². The summed E-state index contributed by atoms with van der Waals surface area (Å²) >= 11 is 0. The molecule has 5 heteroatoms. The van der Waals surface area contributed by atoms with E-state index in [0.29, 0.717) is 13.1 Å². The van der Waals surface area contributed by atoms with Crippen molar-refractivity contribution in [2.24, 2.45) is 0 Å². The van der Waals surface area contributed by atoms with Gasteiger partial charge in [-0.2, -0.15) is 0 Å². The fourth-order valence-corrected chi connectivity index (χ4v) is 2.13. The Balaban J connectivity index is 1.99. The van der Waals surface area contributed by atoms with Crippen LogP contribution in [-0.2, 0) is 4.74 Å². The van der Waals surface area contributed by atoms with Gasteiger partial charge in [0.05, 0.1) is 13.2 Å². The van der Waals surface area contributed by atoms with E-state index in [9.17, 15) is 4.79 Å². The molecule has 2 N–H and O–H groups in total. The van der Waals surface area contributed by atoms with E-state index in [2.05, 4.69) is 5.32 Å². The molecule has 2 rings (SSSR count). The Labute approximate surface area is 83.0 Å². The first-order valence-electron chi connectivity index (χ1n) is 5.05. The van der Waals surface area contributed by atoms with E-state index in [1.807, 2.05) is 0 Å². The Bertz CT molecular complexity index is 226. The van der Waals surface area contributed by atoms with Gasteiger partial charge in [-0.15, -0.1) is 0 Å². The quantitative estimate of drug-likeness (QED) is 0.634. The topological polar surface area (TPSA) is 61.8 Å². The summed E-state index contributed by atoms with van der Waals surface area (Å²) in [5.41, 5.74) is -0.280. The highest BCUT2D eigenvalue weighted by Gasteiger charge is 2.45. The molecule has 2 aliphatic rings. The van der Waals surface area contributed by atoms with Crippen LogP contribution in [-0.4, -0.2) is 54.5 Å². The monoisotopic (exact) mass is 200 g/mol. The number of aliphatic hydroxyl groups is 1. The van der Waals surface area contributed by atoms with Gasteiger partial charge in [-0.25, -0.2) is 4.79 Å². The van der Waals surface area contributed by atoms with Crippen LogP contribution in [0.2, 0.25) is 0 Å². The number of nitrogens with zero attached hydrogens (tertiary/aromatic N) is 1. The van der Waals surface area contributed by atoms with Gasteiger partial charge in [0.15, 0.2) is 0 Å². The summed E-state index contributed by atoms with van der Waals surface area (Å²) in [5, 5.41) is 12.0. The predicted octanol–water partition coefficient (Wildman–Crippen LogP) is -0.447. The van der Waals surface area contributed by atoms with Crippen molar-refractivity contribution in [1.29, 1.82) is 0 Å². The zero-order chi connectivity index (χ0) is 10.0. The maximum absolute atomic E-state index is 11.4. The molecular formula is C9H16N2O3. The average molecular weight is 200 g/mol. The molecule has 1 spiro atoms. The zero-order valence-corrected chi connectivity index (χ0v) is 8.16. The van der Waals surface area contributed by atoms with Crippen molar-refractivity contribution < 1.29 is 14.6 Å². The van der Waals surface area contributed by atoms with Crippen molar-refractivity contribution in [2.45, 2.75) is 18.4 Å². The molecule has 0 bridgehead atoms. The molecular weight excluding hydrogens is 184 g/mol. The van der Waals surface area contributed by atoms with Gasteiger partial charge in [-0.05, 0) is 13.1 Å². The van der Waals surface area contributed by atoms with Gasteiger partial charge in [-0.1, -0.05) is 0 Å². The molecule has 0 aromatic rings. The second kappa shape index (κ2) is 3.74. The van der Waals surface area contributed by atoms with Crippen LogP contribution < -0.4 is 5.32 Å². The lowest BCUT2D eigenvalue weighted by atomic mass is 9.92. The van der Waals surface area contributed by atoms with Crippen molar-refractivity contribution in [3.05, 3.63) is 0 Å². The number of aliphatic hydroxyl groups excluding tert-OH is 1. The maximum Gasteiger partial charge on any atom is 0.410 e. The molecule has 2 saturated heterocycles. The summed E-state index contributed by atoms with van der Waals surface area (Å²) < 4.78 is 5.39. The Morgan fingerprint density at radius 3 is 2.86 bits per heavy atom. The molecule has 0 aromatic heterocycles. The minimum absolute atomic E-state index is 0.00340. The lowest BCUT2D eigenvalue weighted by molar-refractivity contribution is 0.0316. The van der Waals surface area contributed by atoms with E-state index < -0.39 is 0 Å². The molecule has 2 aliphatic heterocycles. The number of amides is 1. The van der Waals surface area contributed by atoms with Crippen molar-refractivity contribution in [2.75, 3.05) is 32.8 Å². The molecule has 2 heterocycles. The summed E-state index contributed by atoms with van der Waals surface area (Å²) in [7, 11) is 0. The SMILES string of the molecule is O=C1OC2(CCNCC2)CN1CCO. The van der Waals surface area contributed by atoms with Gasteiger partial charge in [0, 0.05) is 19.4 Å². The van der Waals surface area contributed by atoms with Gasteiger partial charge in [-0.3, -0.25) is 0 Å².